The summed E-state index contributed by atoms with van der Waals surface area (Å²) in [5.41, 5.74) is 1.66. The molecule has 1 aromatic heterocycles. The predicted molar refractivity (Wildman–Crippen MR) is 96.2 cm³/mol. The molecule has 0 radical (unpaired) electrons. The van der Waals surface area contributed by atoms with Crippen LogP contribution in [0.5, 0.6) is 17.2 Å². The van der Waals surface area contributed by atoms with E-state index in [0.29, 0.717) is 33.9 Å². The summed E-state index contributed by atoms with van der Waals surface area (Å²) in [6, 6.07) is 11.9. The Kier molecular flexibility index (Phi) is 5.08. The lowest BCUT2D eigenvalue weighted by atomic mass is 10.1. The van der Waals surface area contributed by atoms with Gasteiger partial charge in [-0.1, -0.05) is 0 Å². The van der Waals surface area contributed by atoms with E-state index in [1.807, 2.05) is 6.07 Å². The normalized spacial score (nSPS) is 10.1. The van der Waals surface area contributed by atoms with Gasteiger partial charge in [0.15, 0.2) is 17.2 Å². The summed E-state index contributed by atoms with van der Waals surface area (Å²) >= 11 is 0. The molecule has 0 saturated carbocycles. The molecular weight excluding hydrogens is 348 g/mol. The van der Waals surface area contributed by atoms with Crippen LogP contribution in [0, 0.1) is 11.3 Å². The highest BCUT2D eigenvalue weighted by atomic mass is 16.5. The van der Waals surface area contributed by atoms with Gasteiger partial charge in [-0.05, 0) is 36.4 Å². The summed E-state index contributed by atoms with van der Waals surface area (Å²) in [4.78, 5) is 17.1. The summed E-state index contributed by atoms with van der Waals surface area (Å²) in [6.07, 6.45) is 1.29. The number of ether oxygens (including phenoxy) is 3. The van der Waals surface area contributed by atoms with Crippen LogP contribution in [-0.2, 0) is 0 Å². The van der Waals surface area contributed by atoms with Crippen molar-refractivity contribution in [3.8, 4) is 34.8 Å². The minimum atomic E-state index is -0.349. The Morgan fingerprint density at radius 3 is 2.19 bits per heavy atom. The summed E-state index contributed by atoms with van der Waals surface area (Å²) in [5, 5.41) is 8.86. The zero-order valence-corrected chi connectivity index (χ0v) is 15.0. The molecule has 0 bridgehead atoms. The third-order valence-electron chi connectivity index (χ3n) is 3.92. The molecule has 0 aliphatic rings. The first-order chi connectivity index (χ1) is 13.1. The molecule has 27 heavy (non-hydrogen) atoms. The molecule has 0 saturated heterocycles. The minimum absolute atomic E-state index is 0.142. The van der Waals surface area contributed by atoms with Crippen molar-refractivity contribution < 1.29 is 23.4 Å². The van der Waals surface area contributed by atoms with Crippen LogP contribution in [-0.4, -0.2) is 32.1 Å². The number of hydrogen-bond acceptors (Lipinski definition) is 7. The fraction of sp³-hybridized carbons (Fsp3) is 0.150. The molecular formula is C20H16N2O5. The quantitative estimate of drug-likeness (QED) is 0.618. The van der Waals surface area contributed by atoms with E-state index in [0.717, 1.165) is 0 Å². The third-order valence-corrected chi connectivity index (χ3v) is 3.92. The first-order valence-corrected chi connectivity index (χ1v) is 7.92. The average Bonchev–Trinajstić information content (AvgIpc) is 3.22. The summed E-state index contributed by atoms with van der Waals surface area (Å²) in [5.74, 6) is 1.08. The smallest absolute Gasteiger partial charge is 0.226 e. The SMILES string of the molecule is COc1cc(C(=O)c2coc(-c3ccc(C#N)cc3)n2)cc(OC)c1OC. The molecule has 7 heteroatoms. The molecule has 0 unspecified atom stereocenters. The largest absolute Gasteiger partial charge is 0.493 e. The van der Waals surface area contributed by atoms with Gasteiger partial charge in [0.05, 0.1) is 33.0 Å². The van der Waals surface area contributed by atoms with Crippen molar-refractivity contribution in [2.24, 2.45) is 0 Å². The van der Waals surface area contributed by atoms with Crippen LogP contribution >= 0.6 is 0 Å². The number of rotatable bonds is 6. The van der Waals surface area contributed by atoms with Crippen LogP contribution in [0.1, 0.15) is 21.6 Å². The fourth-order valence-corrected chi connectivity index (χ4v) is 2.56. The van der Waals surface area contributed by atoms with E-state index in [1.165, 1.54) is 27.6 Å². The first-order valence-electron chi connectivity index (χ1n) is 7.92. The molecule has 0 N–H and O–H groups in total. The molecule has 2 aromatic carbocycles. The molecule has 0 spiro atoms. The Morgan fingerprint density at radius 1 is 1.04 bits per heavy atom. The van der Waals surface area contributed by atoms with Crippen LogP contribution in [0.15, 0.2) is 47.1 Å². The van der Waals surface area contributed by atoms with E-state index in [4.69, 9.17) is 23.9 Å². The number of benzene rings is 2. The molecule has 136 valence electrons. The van der Waals surface area contributed by atoms with E-state index in [2.05, 4.69) is 4.98 Å². The molecule has 0 fully saturated rings. The lowest BCUT2D eigenvalue weighted by molar-refractivity contribution is 0.103. The summed E-state index contributed by atoms with van der Waals surface area (Å²) in [7, 11) is 4.44. The van der Waals surface area contributed by atoms with Crippen LogP contribution in [0.25, 0.3) is 11.5 Å². The van der Waals surface area contributed by atoms with E-state index < -0.39 is 0 Å². The highest BCUT2D eigenvalue weighted by Crippen LogP contribution is 2.38. The van der Waals surface area contributed by atoms with Crippen molar-refractivity contribution in [3.05, 3.63) is 59.5 Å². The zero-order chi connectivity index (χ0) is 19.4. The zero-order valence-electron chi connectivity index (χ0n) is 15.0. The minimum Gasteiger partial charge on any atom is -0.493 e. The van der Waals surface area contributed by atoms with Crippen LogP contribution in [0.3, 0.4) is 0 Å². The lowest BCUT2D eigenvalue weighted by Crippen LogP contribution is -2.04. The molecule has 0 aliphatic carbocycles. The van der Waals surface area contributed by atoms with E-state index in [1.54, 1.807) is 36.4 Å². The van der Waals surface area contributed by atoms with Crippen molar-refractivity contribution in [1.82, 2.24) is 4.98 Å². The number of hydrogen-bond donors (Lipinski definition) is 0. The Labute approximate surface area is 155 Å². The van der Waals surface area contributed by atoms with E-state index in [9.17, 15) is 4.79 Å². The lowest BCUT2D eigenvalue weighted by Gasteiger charge is -2.13. The van der Waals surface area contributed by atoms with Crippen LogP contribution in [0.2, 0.25) is 0 Å². The highest BCUT2D eigenvalue weighted by Gasteiger charge is 2.20. The molecule has 0 aliphatic heterocycles. The van der Waals surface area contributed by atoms with Gasteiger partial charge in [-0.15, -0.1) is 0 Å². The van der Waals surface area contributed by atoms with Gasteiger partial charge in [-0.3, -0.25) is 4.79 Å². The first kappa shape index (κ1) is 18.0. The van der Waals surface area contributed by atoms with Crippen molar-refractivity contribution in [2.75, 3.05) is 21.3 Å². The van der Waals surface area contributed by atoms with Gasteiger partial charge in [0.2, 0.25) is 17.4 Å². The van der Waals surface area contributed by atoms with Gasteiger partial charge < -0.3 is 18.6 Å². The maximum absolute atomic E-state index is 12.8. The fourth-order valence-electron chi connectivity index (χ4n) is 2.56. The van der Waals surface area contributed by atoms with Gasteiger partial charge in [0.25, 0.3) is 0 Å². The number of nitriles is 1. The molecule has 1 heterocycles. The van der Waals surface area contributed by atoms with Crippen molar-refractivity contribution in [2.45, 2.75) is 0 Å². The van der Waals surface area contributed by atoms with Crippen molar-refractivity contribution >= 4 is 5.78 Å². The van der Waals surface area contributed by atoms with Gasteiger partial charge in [0.1, 0.15) is 6.26 Å². The second-order valence-electron chi connectivity index (χ2n) is 5.47. The maximum atomic E-state index is 12.8. The average molecular weight is 364 g/mol. The van der Waals surface area contributed by atoms with Crippen LogP contribution in [0.4, 0.5) is 0 Å². The molecule has 0 atom stereocenters. The number of methoxy groups -OCH3 is 3. The Hall–Kier alpha value is -3.79. The molecule has 7 nitrogen and oxygen atoms in total. The standard InChI is InChI=1S/C20H16N2O5/c1-24-16-8-14(9-17(25-2)19(16)26-3)18(23)15-11-27-20(22-15)13-6-4-12(10-21)5-7-13/h4-9,11H,1-3H3. The monoisotopic (exact) mass is 364 g/mol. The Morgan fingerprint density at radius 2 is 1.67 bits per heavy atom. The van der Waals surface area contributed by atoms with Gasteiger partial charge >= 0.3 is 0 Å². The van der Waals surface area contributed by atoms with Gasteiger partial charge in [-0.25, -0.2) is 4.98 Å². The van der Waals surface area contributed by atoms with Gasteiger partial charge in [0, 0.05) is 11.1 Å². The van der Waals surface area contributed by atoms with Crippen LogP contribution < -0.4 is 14.2 Å². The number of carbonyl (C=O) groups excluding carboxylic acids is 1. The number of oxazole rings is 1. The van der Waals surface area contributed by atoms with E-state index >= 15 is 0 Å². The van der Waals surface area contributed by atoms with Crippen molar-refractivity contribution in [3.63, 3.8) is 0 Å². The highest BCUT2D eigenvalue weighted by molar-refractivity contribution is 6.08. The van der Waals surface area contributed by atoms with Crippen molar-refractivity contribution in [1.29, 1.82) is 5.26 Å². The predicted octanol–water partition coefficient (Wildman–Crippen LogP) is 3.47. The second-order valence-corrected chi connectivity index (χ2v) is 5.47. The number of aromatic nitrogens is 1. The Balaban J connectivity index is 1.95. The number of nitrogens with zero attached hydrogens (tertiary/aromatic N) is 2. The Bertz CT molecular complexity index is 991. The number of carbonyl (C=O) groups is 1. The summed E-state index contributed by atoms with van der Waals surface area (Å²) < 4.78 is 21.2. The summed E-state index contributed by atoms with van der Waals surface area (Å²) in [6.45, 7) is 0. The topological polar surface area (TPSA) is 94.6 Å². The van der Waals surface area contributed by atoms with E-state index in [-0.39, 0.29) is 17.4 Å². The van der Waals surface area contributed by atoms with Gasteiger partial charge in [-0.2, -0.15) is 5.26 Å². The maximum Gasteiger partial charge on any atom is 0.226 e. The molecule has 3 aromatic rings. The second kappa shape index (κ2) is 7.62. The number of ketones is 1. The molecule has 3 rings (SSSR count). The third kappa shape index (κ3) is 3.46. The molecule has 0 amide bonds.